The van der Waals surface area contributed by atoms with Gasteiger partial charge in [0.25, 0.3) is 5.69 Å². The molecule has 0 amide bonds. The van der Waals surface area contributed by atoms with Gasteiger partial charge in [-0.15, -0.1) is 5.10 Å². The lowest BCUT2D eigenvalue weighted by Crippen LogP contribution is -1.91. The molecule has 1 aromatic carbocycles. The van der Waals surface area contributed by atoms with Crippen LogP contribution in [0.3, 0.4) is 0 Å². The van der Waals surface area contributed by atoms with Crippen LogP contribution in [0.1, 0.15) is 0 Å². The predicted octanol–water partition coefficient (Wildman–Crippen LogP) is 1.45. The highest BCUT2D eigenvalue weighted by molar-refractivity contribution is 5.56. The molecule has 6 nitrogen and oxygen atoms in total. The van der Waals surface area contributed by atoms with E-state index >= 15 is 0 Å². The van der Waals surface area contributed by atoms with E-state index in [0.29, 0.717) is 11.4 Å². The molecule has 74 valence electrons. The van der Waals surface area contributed by atoms with Crippen LogP contribution < -0.4 is 0 Å². The third-order valence-corrected chi connectivity index (χ3v) is 1.82. The number of benzene rings is 1. The second kappa shape index (κ2) is 3.79. The minimum absolute atomic E-state index is 0.0441. The molecule has 0 aliphatic rings. The highest BCUT2D eigenvalue weighted by Crippen LogP contribution is 2.17. The van der Waals surface area contributed by atoms with Gasteiger partial charge in [0.15, 0.2) is 5.82 Å². The first-order valence-electron chi connectivity index (χ1n) is 4.16. The minimum Gasteiger partial charge on any atom is -0.258 e. The Morgan fingerprint density at radius 1 is 1.13 bits per heavy atom. The maximum Gasteiger partial charge on any atom is 0.269 e. The average molecular weight is 202 g/mol. The molecule has 0 saturated carbocycles. The van der Waals surface area contributed by atoms with E-state index in [2.05, 4.69) is 15.2 Å². The van der Waals surface area contributed by atoms with Gasteiger partial charge in [0.2, 0.25) is 0 Å². The average Bonchev–Trinajstić information content (AvgIpc) is 2.30. The smallest absolute Gasteiger partial charge is 0.258 e. The van der Waals surface area contributed by atoms with E-state index in [0.717, 1.165) is 0 Å². The van der Waals surface area contributed by atoms with Crippen molar-refractivity contribution >= 4 is 5.69 Å². The number of nitrogens with zero attached hydrogens (tertiary/aromatic N) is 4. The van der Waals surface area contributed by atoms with Crippen molar-refractivity contribution in [2.45, 2.75) is 0 Å². The zero-order chi connectivity index (χ0) is 10.7. The monoisotopic (exact) mass is 202 g/mol. The van der Waals surface area contributed by atoms with Crippen LogP contribution in [0.4, 0.5) is 5.69 Å². The molecule has 0 unspecified atom stereocenters. The molecule has 0 aliphatic heterocycles. The number of hydrogen-bond donors (Lipinski definition) is 0. The number of aromatic nitrogens is 3. The van der Waals surface area contributed by atoms with Crippen molar-refractivity contribution in [3.05, 3.63) is 46.8 Å². The molecular formula is C9H6N4O2. The van der Waals surface area contributed by atoms with E-state index in [1.807, 2.05) is 0 Å². The molecule has 0 spiro atoms. The van der Waals surface area contributed by atoms with E-state index in [1.54, 1.807) is 12.1 Å². The fourth-order valence-electron chi connectivity index (χ4n) is 1.11. The molecule has 0 radical (unpaired) electrons. The Morgan fingerprint density at radius 2 is 1.87 bits per heavy atom. The molecular weight excluding hydrogens is 196 g/mol. The van der Waals surface area contributed by atoms with Gasteiger partial charge in [-0.2, -0.15) is 5.10 Å². The zero-order valence-corrected chi connectivity index (χ0v) is 7.57. The molecule has 0 atom stereocenters. The lowest BCUT2D eigenvalue weighted by atomic mass is 10.2. The molecule has 0 aliphatic carbocycles. The first kappa shape index (κ1) is 9.20. The first-order valence-corrected chi connectivity index (χ1v) is 4.16. The van der Waals surface area contributed by atoms with E-state index in [9.17, 15) is 10.1 Å². The van der Waals surface area contributed by atoms with Crippen molar-refractivity contribution in [2.75, 3.05) is 0 Å². The quantitative estimate of drug-likeness (QED) is 0.543. The number of rotatable bonds is 2. The van der Waals surface area contributed by atoms with E-state index in [-0.39, 0.29) is 5.69 Å². The highest BCUT2D eigenvalue weighted by Gasteiger charge is 2.06. The normalized spacial score (nSPS) is 9.87. The second-order valence-electron chi connectivity index (χ2n) is 2.77. The molecule has 2 aromatic rings. The summed E-state index contributed by atoms with van der Waals surface area (Å²) in [6.07, 6.45) is 2.98. The summed E-state index contributed by atoms with van der Waals surface area (Å²) in [7, 11) is 0. The zero-order valence-electron chi connectivity index (χ0n) is 7.57. The summed E-state index contributed by atoms with van der Waals surface area (Å²) < 4.78 is 0. The summed E-state index contributed by atoms with van der Waals surface area (Å²) in [5.41, 5.74) is 0.747. The summed E-state index contributed by atoms with van der Waals surface area (Å²) in [5.74, 6) is 0.451. The Bertz CT molecular complexity index is 469. The fraction of sp³-hybridized carbons (Fsp3) is 0. The standard InChI is InChI=1S/C9H6N4O2/c14-13(15)8-3-1-7(2-4-8)9-10-5-6-11-12-9/h1-6H. The molecule has 1 heterocycles. The fourth-order valence-corrected chi connectivity index (χ4v) is 1.11. The van der Waals surface area contributed by atoms with Crippen molar-refractivity contribution in [1.82, 2.24) is 15.2 Å². The Balaban J connectivity index is 2.36. The van der Waals surface area contributed by atoms with Gasteiger partial charge in [0.1, 0.15) is 0 Å². The molecule has 0 fully saturated rings. The van der Waals surface area contributed by atoms with E-state index in [1.165, 1.54) is 24.5 Å². The molecule has 6 heteroatoms. The van der Waals surface area contributed by atoms with Gasteiger partial charge in [-0.3, -0.25) is 10.1 Å². The van der Waals surface area contributed by atoms with Crippen molar-refractivity contribution in [2.24, 2.45) is 0 Å². The maximum absolute atomic E-state index is 10.4. The Hall–Kier alpha value is -2.37. The van der Waals surface area contributed by atoms with E-state index < -0.39 is 4.92 Å². The van der Waals surface area contributed by atoms with Crippen molar-refractivity contribution in [3.8, 4) is 11.4 Å². The summed E-state index contributed by atoms with van der Waals surface area (Å²) in [6, 6.07) is 6.00. The molecule has 2 rings (SSSR count). The Kier molecular flexibility index (Phi) is 2.32. The van der Waals surface area contributed by atoms with Gasteiger partial charge in [-0.25, -0.2) is 4.98 Å². The van der Waals surface area contributed by atoms with Crippen molar-refractivity contribution in [3.63, 3.8) is 0 Å². The maximum atomic E-state index is 10.4. The molecule has 1 aromatic heterocycles. The number of non-ortho nitro benzene ring substituents is 1. The summed E-state index contributed by atoms with van der Waals surface area (Å²) in [5, 5.41) is 17.9. The molecule has 0 bridgehead atoms. The van der Waals surface area contributed by atoms with Gasteiger partial charge < -0.3 is 0 Å². The van der Waals surface area contributed by atoms with Crippen LogP contribution in [0, 0.1) is 10.1 Å². The van der Waals surface area contributed by atoms with Crippen LogP contribution in [0.25, 0.3) is 11.4 Å². The van der Waals surface area contributed by atoms with Crippen LogP contribution >= 0.6 is 0 Å². The summed E-state index contributed by atoms with van der Waals surface area (Å²) in [4.78, 5) is 13.9. The van der Waals surface area contributed by atoms with Gasteiger partial charge in [-0.1, -0.05) is 0 Å². The lowest BCUT2D eigenvalue weighted by Gasteiger charge is -1.96. The van der Waals surface area contributed by atoms with Crippen LogP contribution in [-0.4, -0.2) is 20.1 Å². The van der Waals surface area contributed by atoms with E-state index in [4.69, 9.17) is 0 Å². The number of hydrogen-bond acceptors (Lipinski definition) is 5. The SMILES string of the molecule is O=[N+]([O-])c1ccc(-c2nccnn2)cc1. The third-order valence-electron chi connectivity index (χ3n) is 1.82. The largest absolute Gasteiger partial charge is 0.269 e. The molecule has 0 N–H and O–H groups in total. The number of nitro groups is 1. The summed E-state index contributed by atoms with van der Waals surface area (Å²) in [6.45, 7) is 0. The molecule has 0 saturated heterocycles. The van der Waals surface area contributed by atoms with Crippen LogP contribution in [0.15, 0.2) is 36.7 Å². The van der Waals surface area contributed by atoms with Crippen molar-refractivity contribution < 1.29 is 4.92 Å². The van der Waals surface area contributed by atoms with Gasteiger partial charge in [0, 0.05) is 23.9 Å². The highest BCUT2D eigenvalue weighted by atomic mass is 16.6. The minimum atomic E-state index is -0.451. The topological polar surface area (TPSA) is 81.8 Å². The lowest BCUT2D eigenvalue weighted by molar-refractivity contribution is -0.384. The van der Waals surface area contributed by atoms with Gasteiger partial charge in [-0.05, 0) is 12.1 Å². The van der Waals surface area contributed by atoms with Gasteiger partial charge in [0.05, 0.1) is 11.1 Å². The van der Waals surface area contributed by atoms with Crippen LogP contribution in [0.2, 0.25) is 0 Å². The first-order chi connectivity index (χ1) is 7.27. The van der Waals surface area contributed by atoms with Gasteiger partial charge >= 0.3 is 0 Å². The predicted molar refractivity (Wildman–Crippen MR) is 51.9 cm³/mol. The second-order valence-corrected chi connectivity index (χ2v) is 2.77. The van der Waals surface area contributed by atoms with Crippen LogP contribution in [0.5, 0.6) is 0 Å². The van der Waals surface area contributed by atoms with Crippen LogP contribution in [-0.2, 0) is 0 Å². The number of nitro benzene ring substituents is 1. The summed E-state index contributed by atoms with van der Waals surface area (Å²) >= 11 is 0. The Labute approximate surface area is 84.8 Å². The van der Waals surface area contributed by atoms with Crippen molar-refractivity contribution in [1.29, 1.82) is 0 Å². The third kappa shape index (κ3) is 1.93. The Morgan fingerprint density at radius 3 is 2.40 bits per heavy atom. The molecule has 15 heavy (non-hydrogen) atoms.